The van der Waals surface area contributed by atoms with Gasteiger partial charge in [0.05, 0.1) is 7.11 Å². The van der Waals surface area contributed by atoms with E-state index in [2.05, 4.69) is 16.7 Å². The van der Waals surface area contributed by atoms with Crippen LogP contribution in [-0.2, 0) is 16.1 Å². The fourth-order valence-electron chi connectivity index (χ4n) is 2.84. The van der Waals surface area contributed by atoms with E-state index in [1.54, 1.807) is 7.11 Å². The van der Waals surface area contributed by atoms with E-state index < -0.39 is 0 Å². The minimum Gasteiger partial charge on any atom is -0.497 e. The van der Waals surface area contributed by atoms with Gasteiger partial charge in [-0.2, -0.15) is 0 Å². The highest BCUT2D eigenvalue weighted by Crippen LogP contribution is 2.19. The van der Waals surface area contributed by atoms with Crippen LogP contribution < -0.4 is 15.4 Å². The summed E-state index contributed by atoms with van der Waals surface area (Å²) in [5.74, 6) is 0.618. The number of benzene rings is 1. The molecule has 1 aromatic rings. The molecule has 0 bridgehead atoms. The molecule has 25 heavy (non-hydrogen) atoms. The van der Waals surface area contributed by atoms with Crippen molar-refractivity contribution < 1.29 is 14.3 Å². The van der Waals surface area contributed by atoms with Crippen molar-refractivity contribution in [3.63, 3.8) is 0 Å². The first-order chi connectivity index (χ1) is 12.2. The molecule has 0 aromatic heterocycles. The predicted molar refractivity (Wildman–Crippen MR) is 98.3 cm³/mol. The predicted octanol–water partition coefficient (Wildman–Crippen LogP) is 3.10. The Hall–Kier alpha value is -2.30. The fourth-order valence-corrected chi connectivity index (χ4v) is 2.84. The van der Waals surface area contributed by atoms with Gasteiger partial charge >= 0.3 is 0 Å². The number of rotatable bonds is 9. The number of methoxy groups -OCH3 is 1. The van der Waals surface area contributed by atoms with Crippen molar-refractivity contribution in [2.45, 2.75) is 51.5 Å². The van der Waals surface area contributed by atoms with Crippen LogP contribution in [0.3, 0.4) is 0 Å². The summed E-state index contributed by atoms with van der Waals surface area (Å²) in [5.41, 5.74) is 2.45. The molecule has 2 N–H and O–H groups in total. The van der Waals surface area contributed by atoms with Crippen molar-refractivity contribution in [2.24, 2.45) is 0 Å². The minimum atomic E-state index is -0.110. The molecule has 2 rings (SSSR count). The lowest BCUT2D eigenvalue weighted by atomic mass is 9.97. The van der Waals surface area contributed by atoms with E-state index in [0.29, 0.717) is 13.1 Å². The summed E-state index contributed by atoms with van der Waals surface area (Å²) >= 11 is 0. The standard InChI is InChI=1S/C20H28N2O3/c1-25-18-9-7-17(8-10-18)15-22-20(24)12-11-19(23)21-14-13-16-5-3-2-4-6-16/h5,7-10H,2-4,6,11-15H2,1H3,(H,21,23)(H,22,24). The molecule has 0 fully saturated rings. The van der Waals surface area contributed by atoms with Crippen molar-refractivity contribution in [3.05, 3.63) is 41.5 Å². The molecule has 2 amide bonds. The number of nitrogens with one attached hydrogen (secondary N) is 2. The fraction of sp³-hybridized carbons (Fsp3) is 0.500. The Bertz CT molecular complexity index is 593. The maximum absolute atomic E-state index is 11.8. The summed E-state index contributed by atoms with van der Waals surface area (Å²) in [6.07, 6.45) is 8.52. The summed E-state index contributed by atoms with van der Waals surface area (Å²) in [4.78, 5) is 23.6. The topological polar surface area (TPSA) is 67.4 Å². The molecular formula is C20H28N2O3. The molecule has 0 heterocycles. The van der Waals surface area contributed by atoms with E-state index in [1.165, 1.54) is 18.4 Å². The number of carbonyl (C=O) groups is 2. The molecule has 0 radical (unpaired) electrons. The molecule has 1 aliphatic rings. The quantitative estimate of drug-likeness (QED) is 0.677. The number of hydrogen-bond acceptors (Lipinski definition) is 3. The van der Waals surface area contributed by atoms with Crippen LogP contribution in [0.1, 0.15) is 50.5 Å². The van der Waals surface area contributed by atoms with Gasteiger partial charge in [0, 0.05) is 25.9 Å². The number of allylic oxidation sites excluding steroid dienone is 1. The molecule has 1 aliphatic carbocycles. The monoisotopic (exact) mass is 344 g/mol. The van der Waals surface area contributed by atoms with Gasteiger partial charge < -0.3 is 15.4 Å². The molecule has 0 saturated heterocycles. The molecule has 5 nitrogen and oxygen atoms in total. The molecule has 0 saturated carbocycles. The number of amides is 2. The van der Waals surface area contributed by atoms with Crippen molar-refractivity contribution >= 4 is 11.8 Å². The molecule has 0 aliphatic heterocycles. The maximum Gasteiger partial charge on any atom is 0.220 e. The van der Waals surface area contributed by atoms with Crippen molar-refractivity contribution in [2.75, 3.05) is 13.7 Å². The average molecular weight is 344 g/mol. The van der Waals surface area contributed by atoms with E-state index in [4.69, 9.17) is 4.74 Å². The molecule has 0 spiro atoms. The van der Waals surface area contributed by atoms with Gasteiger partial charge in [-0.25, -0.2) is 0 Å². The number of ether oxygens (including phenoxy) is 1. The van der Waals surface area contributed by atoms with Crippen LogP contribution in [0.2, 0.25) is 0 Å². The van der Waals surface area contributed by atoms with Crippen molar-refractivity contribution in [1.82, 2.24) is 10.6 Å². The van der Waals surface area contributed by atoms with Gasteiger partial charge in [-0.3, -0.25) is 9.59 Å². The van der Waals surface area contributed by atoms with Crippen LogP contribution in [0.5, 0.6) is 5.75 Å². The largest absolute Gasteiger partial charge is 0.497 e. The molecule has 136 valence electrons. The van der Waals surface area contributed by atoms with Crippen LogP contribution in [0.15, 0.2) is 35.9 Å². The zero-order valence-electron chi connectivity index (χ0n) is 15.0. The summed E-state index contributed by atoms with van der Waals surface area (Å²) in [6.45, 7) is 1.12. The normalized spacial score (nSPS) is 13.7. The van der Waals surface area contributed by atoms with Gasteiger partial charge in [0.25, 0.3) is 0 Å². The first-order valence-corrected chi connectivity index (χ1v) is 9.01. The third-order valence-corrected chi connectivity index (χ3v) is 4.38. The van der Waals surface area contributed by atoms with Crippen LogP contribution >= 0.6 is 0 Å². The summed E-state index contributed by atoms with van der Waals surface area (Å²) in [7, 11) is 1.62. The smallest absolute Gasteiger partial charge is 0.220 e. The first kappa shape index (κ1) is 19.0. The van der Waals surface area contributed by atoms with Gasteiger partial charge in [0.15, 0.2) is 0 Å². The van der Waals surface area contributed by atoms with Gasteiger partial charge in [-0.1, -0.05) is 23.8 Å². The highest BCUT2D eigenvalue weighted by atomic mass is 16.5. The Morgan fingerprint density at radius 3 is 2.40 bits per heavy atom. The zero-order valence-corrected chi connectivity index (χ0v) is 15.0. The zero-order chi connectivity index (χ0) is 17.9. The molecule has 5 heteroatoms. The maximum atomic E-state index is 11.8. The molecule has 0 atom stereocenters. The van der Waals surface area contributed by atoms with Crippen LogP contribution in [0.4, 0.5) is 0 Å². The van der Waals surface area contributed by atoms with Crippen LogP contribution in [0.25, 0.3) is 0 Å². The Balaban J connectivity index is 1.57. The van der Waals surface area contributed by atoms with E-state index in [9.17, 15) is 9.59 Å². The lowest BCUT2D eigenvalue weighted by Gasteiger charge is -2.13. The highest BCUT2D eigenvalue weighted by Gasteiger charge is 2.08. The molecular weight excluding hydrogens is 316 g/mol. The summed E-state index contributed by atoms with van der Waals surface area (Å²) in [6, 6.07) is 7.53. The Morgan fingerprint density at radius 1 is 1.04 bits per heavy atom. The first-order valence-electron chi connectivity index (χ1n) is 9.01. The second kappa shape index (κ2) is 10.5. The van der Waals surface area contributed by atoms with Gasteiger partial charge in [0.2, 0.25) is 11.8 Å². The lowest BCUT2D eigenvalue weighted by molar-refractivity contribution is -0.126. The molecule has 1 aromatic carbocycles. The van der Waals surface area contributed by atoms with E-state index >= 15 is 0 Å². The van der Waals surface area contributed by atoms with Crippen LogP contribution in [0, 0.1) is 0 Å². The number of carbonyl (C=O) groups excluding carboxylic acids is 2. The summed E-state index contributed by atoms with van der Waals surface area (Å²) < 4.78 is 5.10. The second-order valence-corrected chi connectivity index (χ2v) is 6.33. The van der Waals surface area contributed by atoms with E-state index in [1.807, 2.05) is 24.3 Å². The second-order valence-electron chi connectivity index (χ2n) is 6.33. The Labute approximate surface area is 149 Å². The highest BCUT2D eigenvalue weighted by molar-refractivity contribution is 5.83. The number of hydrogen-bond donors (Lipinski definition) is 2. The van der Waals surface area contributed by atoms with Gasteiger partial charge in [0.1, 0.15) is 5.75 Å². The van der Waals surface area contributed by atoms with E-state index in [-0.39, 0.29) is 24.7 Å². The van der Waals surface area contributed by atoms with Crippen molar-refractivity contribution in [1.29, 1.82) is 0 Å². The third-order valence-electron chi connectivity index (χ3n) is 4.38. The third kappa shape index (κ3) is 7.42. The van der Waals surface area contributed by atoms with Crippen molar-refractivity contribution in [3.8, 4) is 5.75 Å². The van der Waals surface area contributed by atoms with Gasteiger partial charge in [-0.15, -0.1) is 0 Å². The van der Waals surface area contributed by atoms with Crippen LogP contribution in [-0.4, -0.2) is 25.5 Å². The minimum absolute atomic E-state index is 0.0593. The SMILES string of the molecule is COc1ccc(CNC(=O)CCC(=O)NCCC2=CCCCC2)cc1. The van der Waals surface area contributed by atoms with Gasteiger partial charge in [-0.05, 0) is 49.8 Å². The van der Waals surface area contributed by atoms with E-state index in [0.717, 1.165) is 30.6 Å². The Morgan fingerprint density at radius 2 is 1.76 bits per heavy atom. The molecule has 0 unspecified atom stereocenters. The lowest BCUT2D eigenvalue weighted by Crippen LogP contribution is -2.28. The average Bonchev–Trinajstić information content (AvgIpc) is 2.66. The summed E-state index contributed by atoms with van der Waals surface area (Å²) in [5, 5.41) is 5.73. The Kier molecular flexibility index (Phi) is 8.02.